The van der Waals surface area contributed by atoms with Crippen LogP contribution in [0.4, 0.5) is 11.4 Å². The molecule has 2 aromatic rings. The smallest absolute Gasteiger partial charge is 0.311 e. The lowest BCUT2D eigenvalue weighted by Gasteiger charge is -2.08. The molecule has 0 amide bonds. The molecule has 0 fully saturated rings. The molecule has 2 aromatic carbocycles. The van der Waals surface area contributed by atoms with Crippen LogP contribution in [-0.2, 0) is 9.84 Å². The lowest BCUT2D eigenvalue weighted by molar-refractivity contribution is -0.386. The van der Waals surface area contributed by atoms with Gasteiger partial charge in [0.1, 0.15) is 5.69 Å². The van der Waals surface area contributed by atoms with Crippen LogP contribution in [0.2, 0.25) is 0 Å². The number of anilines is 1. The third-order valence-corrected chi connectivity index (χ3v) is 4.60. The number of para-hydroxylation sites is 1. The van der Waals surface area contributed by atoms with Gasteiger partial charge < -0.3 is 5.32 Å². The Morgan fingerprint density at radius 2 is 1.70 bits per heavy atom. The van der Waals surface area contributed by atoms with Crippen molar-refractivity contribution in [2.45, 2.75) is 9.79 Å². The minimum atomic E-state index is -3.93. The number of benzene rings is 2. The lowest BCUT2D eigenvalue weighted by atomic mass is 10.2. The molecule has 1 N–H and O–H groups in total. The zero-order valence-electron chi connectivity index (χ0n) is 10.6. The quantitative estimate of drug-likeness (QED) is 0.690. The number of sulfone groups is 1. The summed E-state index contributed by atoms with van der Waals surface area (Å²) in [6, 6.07) is 11.8. The molecule has 0 saturated heterocycles. The van der Waals surface area contributed by atoms with Gasteiger partial charge >= 0.3 is 5.69 Å². The molecule has 0 aliphatic carbocycles. The van der Waals surface area contributed by atoms with Crippen molar-refractivity contribution in [2.75, 3.05) is 12.4 Å². The number of nitrogens with zero attached hydrogens (tertiary/aromatic N) is 1. The number of hydrogen-bond acceptors (Lipinski definition) is 5. The van der Waals surface area contributed by atoms with E-state index in [2.05, 4.69) is 5.32 Å². The number of nitro benzene ring substituents is 1. The van der Waals surface area contributed by atoms with Crippen molar-refractivity contribution < 1.29 is 13.3 Å². The summed E-state index contributed by atoms with van der Waals surface area (Å²) < 4.78 is 25.0. The van der Waals surface area contributed by atoms with E-state index < -0.39 is 20.4 Å². The van der Waals surface area contributed by atoms with Crippen LogP contribution in [0.3, 0.4) is 0 Å². The normalized spacial score (nSPS) is 11.1. The van der Waals surface area contributed by atoms with Gasteiger partial charge in [0.05, 0.1) is 9.82 Å². The minimum Gasteiger partial charge on any atom is -0.383 e. The topological polar surface area (TPSA) is 89.3 Å². The molecule has 0 atom stereocenters. The van der Waals surface area contributed by atoms with Gasteiger partial charge in [-0.05, 0) is 24.3 Å². The van der Waals surface area contributed by atoms with E-state index in [1.54, 1.807) is 18.2 Å². The Bertz CT molecular complexity index is 742. The molecule has 7 heteroatoms. The Morgan fingerprint density at radius 1 is 1.05 bits per heavy atom. The average molecular weight is 292 g/mol. The van der Waals surface area contributed by atoms with Crippen molar-refractivity contribution in [3.05, 3.63) is 58.6 Å². The highest BCUT2D eigenvalue weighted by Gasteiger charge is 2.29. The highest BCUT2D eigenvalue weighted by atomic mass is 32.2. The molecule has 0 unspecified atom stereocenters. The summed E-state index contributed by atoms with van der Waals surface area (Å²) in [5.74, 6) is 0. The fourth-order valence-corrected chi connectivity index (χ4v) is 3.32. The van der Waals surface area contributed by atoms with Crippen molar-refractivity contribution >= 4 is 21.2 Å². The third-order valence-electron chi connectivity index (χ3n) is 2.79. The number of nitro groups is 1. The first kappa shape index (κ1) is 14.0. The lowest BCUT2D eigenvalue weighted by Crippen LogP contribution is -2.07. The molecule has 0 spiro atoms. The molecule has 2 rings (SSSR count). The number of rotatable bonds is 4. The SMILES string of the molecule is CNc1cccc(S(=O)(=O)c2ccccc2)c1[N+](=O)[O-]. The second-order valence-electron chi connectivity index (χ2n) is 3.98. The highest BCUT2D eigenvalue weighted by Crippen LogP contribution is 2.34. The second kappa shape index (κ2) is 5.30. The monoisotopic (exact) mass is 292 g/mol. The summed E-state index contributed by atoms with van der Waals surface area (Å²) in [5.41, 5.74) is -0.286. The van der Waals surface area contributed by atoms with Crippen molar-refractivity contribution in [1.82, 2.24) is 0 Å². The van der Waals surface area contributed by atoms with Crippen molar-refractivity contribution in [3.8, 4) is 0 Å². The largest absolute Gasteiger partial charge is 0.383 e. The first-order valence-electron chi connectivity index (χ1n) is 5.74. The first-order chi connectivity index (χ1) is 9.48. The highest BCUT2D eigenvalue weighted by molar-refractivity contribution is 7.91. The molecule has 0 radical (unpaired) electrons. The number of hydrogen-bond donors (Lipinski definition) is 1. The molecule has 0 saturated carbocycles. The summed E-state index contributed by atoms with van der Waals surface area (Å²) in [4.78, 5) is 10.2. The van der Waals surface area contributed by atoms with Crippen LogP contribution in [-0.4, -0.2) is 20.4 Å². The predicted molar refractivity (Wildman–Crippen MR) is 74.5 cm³/mol. The van der Waals surface area contributed by atoms with Gasteiger partial charge in [-0.25, -0.2) is 8.42 Å². The molecular weight excluding hydrogens is 280 g/mol. The predicted octanol–water partition coefficient (Wildman–Crippen LogP) is 2.47. The van der Waals surface area contributed by atoms with Crippen LogP contribution in [0.1, 0.15) is 0 Å². The van der Waals surface area contributed by atoms with Gasteiger partial charge in [-0.1, -0.05) is 24.3 Å². The number of nitrogens with one attached hydrogen (secondary N) is 1. The maximum Gasteiger partial charge on any atom is 0.311 e. The molecule has 6 nitrogen and oxygen atoms in total. The Balaban J connectivity index is 2.73. The van der Waals surface area contributed by atoms with Crippen molar-refractivity contribution in [1.29, 1.82) is 0 Å². The van der Waals surface area contributed by atoms with Crippen LogP contribution in [0.5, 0.6) is 0 Å². The van der Waals surface area contributed by atoms with Gasteiger partial charge in [0, 0.05) is 7.05 Å². The summed E-state index contributed by atoms with van der Waals surface area (Å²) in [6.45, 7) is 0. The molecule has 0 bridgehead atoms. The summed E-state index contributed by atoms with van der Waals surface area (Å²) >= 11 is 0. The minimum absolute atomic E-state index is 0.0244. The van der Waals surface area contributed by atoms with E-state index in [1.165, 1.54) is 37.4 Å². The average Bonchev–Trinajstić information content (AvgIpc) is 2.47. The summed E-state index contributed by atoms with van der Waals surface area (Å²) in [6.07, 6.45) is 0. The fraction of sp³-hybridized carbons (Fsp3) is 0.0769. The van der Waals surface area contributed by atoms with Crippen molar-refractivity contribution in [2.24, 2.45) is 0 Å². The standard InChI is InChI=1S/C13H12N2O4S/c1-14-11-8-5-9-12(13(11)15(16)17)20(18,19)10-6-3-2-4-7-10/h2-9,14H,1H3. The Labute approximate surface area is 116 Å². The molecule has 0 aromatic heterocycles. The van der Waals surface area contributed by atoms with Crippen LogP contribution >= 0.6 is 0 Å². The maximum absolute atomic E-state index is 12.5. The third kappa shape index (κ3) is 2.35. The zero-order valence-corrected chi connectivity index (χ0v) is 11.4. The van der Waals surface area contributed by atoms with Crippen LogP contribution in [0.25, 0.3) is 0 Å². The molecule has 0 aliphatic rings. The molecule has 0 aliphatic heterocycles. The Kier molecular flexibility index (Phi) is 3.71. The van der Waals surface area contributed by atoms with Gasteiger partial charge in [-0.15, -0.1) is 0 Å². The van der Waals surface area contributed by atoms with E-state index in [4.69, 9.17) is 0 Å². The zero-order chi connectivity index (χ0) is 14.8. The van der Waals surface area contributed by atoms with Gasteiger partial charge in [0.25, 0.3) is 0 Å². The molecule has 104 valence electrons. The van der Waals surface area contributed by atoms with E-state index in [0.717, 1.165) is 0 Å². The molecule has 0 heterocycles. The van der Waals surface area contributed by atoms with E-state index in [1.807, 2.05) is 0 Å². The van der Waals surface area contributed by atoms with Crippen LogP contribution < -0.4 is 5.32 Å². The van der Waals surface area contributed by atoms with E-state index in [-0.39, 0.29) is 15.5 Å². The maximum atomic E-state index is 12.5. The molecular formula is C13H12N2O4S. The molecule has 20 heavy (non-hydrogen) atoms. The Hall–Kier alpha value is -2.41. The van der Waals surface area contributed by atoms with E-state index in [9.17, 15) is 18.5 Å². The summed E-state index contributed by atoms with van der Waals surface area (Å²) in [7, 11) is -2.43. The van der Waals surface area contributed by atoms with Gasteiger partial charge in [0.2, 0.25) is 9.84 Å². The van der Waals surface area contributed by atoms with Crippen LogP contribution in [0, 0.1) is 10.1 Å². The Morgan fingerprint density at radius 3 is 2.25 bits per heavy atom. The van der Waals surface area contributed by atoms with Gasteiger partial charge in [-0.3, -0.25) is 10.1 Å². The summed E-state index contributed by atoms with van der Waals surface area (Å²) in [5, 5.41) is 13.8. The van der Waals surface area contributed by atoms with E-state index >= 15 is 0 Å². The first-order valence-corrected chi connectivity index (χ1v) is 7.22. The van der Waals surface area contributed by atoms with E-state index in [0.29, 0.717) is 0 Å². The van der Waals surface area contributed by atoms with Crippen LogP contribution in [0.15, 0.2) is 58.3 Å². The fourth-order valence-electron chi connectivity index (χ4n) is 1.86. The van der Waals surface area contributed by atoms with Crippen molar-refractivity contribution in [3.63, 3.8) is 0 Å². The van der Waals surface area contributed by atoms with Gasteiger partial charge in [0.15, 0.2) is 4.90 Å². The van der Waals surface area contributed by atoms with Gasteiger partial charge in [-0.2, -0.15) is 0 Å². The second-order valence-corrected chi connectivity index (χ2v) is 5.89.